The van der Waals surface area contributed by atoms with Gasteiger partial charge in [0, 0.05) is 50.3 Å². The summed E-state index contributed by atoms with van der Waals surface area (Å²) in [6.45, 7) is 19.8. The third-order valence-electron chi connectivity index (χ3n) is 8.22. The molecule has 1 aromatic carbocycles. The molecule has 5 N–H and O–H groups in total. The number of nitrogen functional groups attached to an aromatic ring is 1. The molecule has 0 aliphatic carbocycles. The van der Waals surface area contributed by atoms with Crippen LogP contribution >= 0.6 is 0 Å². The molecular weight excluding hydrogens is 522 g/mol. The Hall–Kier alpha value is -2.62. The number of nitrogens with zero attached hydrogens (tertiary/aromatic N) is 4. The quantitative estimate of drug-likeness (QED) is 0.293. The Kier molecular flexibility index (Phi) is 13.6. The van der Waals surface area contributed by atoms with Crippen molar-refractivity contribution in [3.63, 3.8) is 0 Å². The normalized spacial score (nSPS) is 17.9. The number of benzene rings is 1. The van der Waals surface area contributed by atoms with Crippen molar-refractivity contribution in [3.8, 4) is 0 Å². The Labute approximate surface area is 246 Å². The largest absolute Gasteiger partial charge is 0.396 e. The summed E-state index contributed by atoms with van der Waals surface area (Å²) in [7, 11) is 0. The van der Waals surface area contributed by atoms with Crippen LogP contribution in [-0.4, -0.2) is 64.8 Å². The van der Waals surface area contributed by atoms with E-state index >= 15 is 0 Å². The predicted molar refractivity (Wildman–Crippen MR) is 167 cm³/mol. The van der Waals surface area contributed by atoms with Gasteiger partial charge in [-0.25, -0.2) is 18.7 Å². The minimum Gasteiger partial charge on any atom is -0.396 e. The number of anilines is 2. The zero-order chi connectivity index (χ0) is 30.7. The molecule has 1 aliphatic heterocycles. The minimum absolute atomic E-state index is 0.311. The minimum atomic E-state index is -0.828. The molecule has 0 spiro atoms. The van der Waals surface area contributed by atoms with Crippen LogP contribution in [0.1, 0.15) is 90.1 Å². The molecule has 1 saturated heterocycles. The van der Waals surface area contributed by atoms with E-state index < -0.39 is 17.0 Å². The maximum absolute atomic E-state index is 14.0. The Morgan fingerprint density at radius 3 is 2.37 bits per heavy atom. The lowest BCUT2D eigenvalue weighted by Gasteiger charge is -2.45. The topological polar surface area (TPSA) is 105 Å². The lowest BCUT2D eigenvalue weighted by Crippen LogP contribution is -2.56. The molecule has 3 unspecified atom stereocenters. The zero-order valence-electron chi connectivity index (χ0n) is 26.0. The van der Waals surface area contributed by atoms with E-state index in [1.54, 1.807) is 6.07 Å². The SMILES string of the molecule is C=C(CC)c1nc(C)c(N2CCN(C(CCC)CCC(C)(CN)c3ccc(F)c(F)c3)C(C)C2)nc1N.CCCO. The molecule has 0 amide bonds. The van der Waals surface area contributed by atoms with Gasteiger partial charge in [0.2, 0.25) is 0 Å². The standard InChI is InChI=1S/C29H44F2N6.C3H8O/c1-7-9-23(12-13-29(6,18-32)22-10-11-24(30)25(31)16-22)37-15-14-36(17-20(37)4)28-21(5)34-26(19(3)8-2)27(33)35-28;1-2-3-4/h10-11,16,20,23H,3,7-9,12-15,17-18,32H2,1-2,4-6H3,(H2,33,35);4H,2-3H2,1H3. The third-order valence-corrected chi connectivity index (χ3v) is 8.22. The van der Waals surface area contributed by atoms with Crippen molar-refractivity contribution in [1.29, 1.82) is 0 Å². The van der Waals surface area contributed by atoms with Crippen LogP contribution in [0.3, 0.4) is 0 Å². The molecule has 1 fully saturated rings. The monoisotopic (exact) mass is 574 g/mol. The molecule has 2 heterocycles. The van der Waals surface area contributed by atoms with Gasteiger partial charge in [0.1, 0.15) is 5.69 Å². The van der Waals surface area contributed by atoms with E-state index in [0.717, 1.165) is 80.8 Å². The first-order valence-electron chi connectivity index (χ1n) is 15.0. The summed E-state index contributed by atoms with van der Waals surface area (Å²) >= 11 is 0. The fourth-order valence-corrected chi connectivity index (χ4v) is 5.49. The summed E-state index contributed by atoms with van der Waals surface area (Å²) in [6.07, 6.45) is 5.54. The van der Waals surface area contributed by atoms with Gasteiger partial charge in [-0.3, -0.25) is 4.90 Å². The Bertz CT molecular complexity index is 1130. The van der Waals surface area contributed by atoms with Crippen molar-refractivity contribution < 1.29 is 13.9 Å². The van der Waals surface area contributed by atoms with E-state index in [4.69, 9.17) is 26.5 Å². The maximum atomic E-state index is 14.0. The van der Waals surface area contributed by atoms with Gasteiger partial charge in [0.05, 0.1) is 5.69 Å². The van der Waals surface area contributed by atoms with Gasteiger partial charge in [-0.15, -0.1) is 0 Å². The van der Waals surface area contributed by atoms with Crippen LogP contribution in [0.2, 0.25) is 0 Å². The van der Waals surface area contributed by atoms with Gasteiger partial charge >= 0.3 is 0 Å². The molecule has 0 bridgehead atoms. The van der Waals surface area contributed by atoms with Crippen LogP contribution in [-0.2, 0) is 5.41 Å². The molecule has 3 rings (SSSR count). The number of aryl methyl sites for hydroxylation is 1. The highest BCUT2D eigenvalue weighted by molar-refractivity contribution is 5.70. The Morgan fingerprint density at radius 1 is 1.15 bits per heavy atom. The van der Waals surface area contributed by atoms with Crippen LogP contribution in [0.5, 0.6) is 0 Å². The number of hydrogen-bond donors (Lipinski definition) is 3. The number of hydrogen-bond acceptors (Lipinski definition) is 7. The second kappa shape index (κ2) is 16.1. The predicted octanol–water partition coefficient (Wildman–Crippen LogP) is 5.83. The molecule has 1 aromatic heterocycles. The van der Waals surface area contributed by atoms with Gasteiger partial charge < -0.3 is 21.5 Å². The fourth-order valence-electron chi connectivity index (χ4n) is 5.49. The number of piperazine rings is 1. The van der Waals surface area contributed by atoms with Crippen molar-refractivity contribution in [2.45, 2.75) is 97.6 Å². The van der Waals surface area contributed by atoms with Crippen LogP contribution < -0.4 is 16.4 Å². The summed E-state index contributed by atoms with van der Waals surface area (Å²) in [5, 5.41) is 7.88. The van der Waals surface area contributed by atoms with E-state index in [1.165, 1.54) is 12.1 Å². The highest BCUT2D eigenvalue weighted by atomic mass is 19.2. The fraction of sp³-hybridized carbons (Fsp3) is 0.625. The molecule has 230 valence electrons. The number of aromatic nitrogens is 2. The first-order chi connectivity index (χ1) is 19.5. The molecule has 0 saturated carbocycles. The average Bonchev–Trinajstić information content (AvgIpc) is 2.97. The van der Waals surface area contributed by atoms with Crippen molar-refractivity contribution >= 4 is 17.2 Å². The maximum Gasteiger partial charge on any atom is 0.159 e. The number of aliphatic hydroxyl groups excluding tert-OH is 1. The molecule has 9 heteroatoms. The second-order valence-electron chi connectivity index (χ2n) is 11.5. The van der Waals surface area contributed by atoms with Crippen LogP contribution in [0.25, 0.3) is 5.57 Å². The summed E-state index contributed by atoms with van der Waals surface area (Å²) in [5.74, 6) is -0.370. The van der Waals surface area contributed by atoms with E-state index in [-0.39, 0.29) is 0 Å². The zero-order valence-corrected chi connectivity index (χ0v) is 26.0. The Balaban J connectivity index is 0.00000138. The van der Waals surface area contributed by atoms with Crippen LogP contribution in [0, 0.1) is 18.6 Å². The van der Waals surface area contributed by atoms with Crippen LogP contribution in [0.4, 0.5) is 20.4 Å². The molecule has 41 heavy (non-hydrogen) atoms. The number of halogens is 2. The Morgan fingerprint density at radius 2 is 1.83 bits per heavy atom. The van der Waals surface area contributed by atoms with E-state index in [1.807, 2.05) is 27.7 Å². The third kappa shape index (κ3) is 8.93. The number of aliphatic hydroxyl groups is 1. The second-order valence-corrected chi connectivity index (χ2v) is 11.5. The molecule has 0 radical (unpaired) electrons. The van der Waals surface area contributed by atoms with E-state index in [2.05, 4.69) is 30.2 Å². The number of nitrogens with two attached hydrogens (primary N) is 2. The first-order valence-corrected chi connectivity index (χ1v) is 15.0. The number of allylic oxidation sites excluding steroid dienone is 1. The highest BCUT2D eigenvalue weighted by Crippen LogP contribution is 2.33. The summed E-state index contributed by atoms with van der Waals surface area (Å²) < 4.78 is 27.5. The number of rotatable bonds is 12. The summed E-state index contributed by atoms with van der Waals surface area (Å²) in [5.41, 5.74) is 15.2. The lowest BCUT2D eigenvalue weighted by atomic mass is 9.77. The van der Waals surface area contributed by atoms with Crippen molar-refractivity contribution in [2.75, 3.05) is 43.4 Å². The highest BCUT2D eigenvalue weighted by Gasteiger charge is 2.33. The summed E-state index contributed by atoms with van der Waals surface area (Å²) in [4.78, 5) is 14.3. The van der Waals surface area contributed by atoms with Gasteiger partial charge in [-0.1, -0.05) is 46.8 Å². The van der Waals surface area contributed by atoms with Crippen molar-refractivity contribution in [2.24, 2.45) is 5.73 Å². The van der Waals surface area contributed by atoms with Crippen LogP contribution in [0.15, 0.2) is 24.8 Å². The van der Waals surface area contributed by atoms with Crippen molar-refractivity contribution in [3.05, 3.63) is 53.4 Å². The van der Waals surface area contributed by atoms with Gasteiger partial charge in [-0.05, 0) is 69.2 Å². The first kappa shape index (κ1) is 34.6. The van der Waals surface area contributed by atoms with Gasteiger partial charge in [0.25, 0.3) is 0 Å². The van der Waals surface area contributed by atoms with E-state index in [0.29, 0.717) is 36.7 Å². The van der Waals surface area contributed by atoms with E-state index in [9.17, 15) is 8.78 Å². The van der Waals surface area contributed by atoms with Crippen molar-refractivity contribution in [1.82, 2.24) is 14.9 Å². The lowest BCUT2D eigenvalue weighted by molar-refractivity contribution is 0.108. The van der Waals surface area contributed by atoms with Gasteiger partial charge in [-0.2, -0.15) is 0 Å². The molecule has 1 aliphatic rings. The smallest absolute Gasteiger partial charge is 0.159 e. The molecular formula is C32H52F2N6O. The molecule has 2 aromatic rings. The summed E-state index contributed by atoms with van der Waals surface area (Å²) in [6, 6.07) is 4.86. The van der Waals surface area contributed by atoms with Gasteiger partial charge in [0.15, 0.2) is 23.3 Å². The average molecular weight is 575 g/mol. The molecule has 7 nitrogen and oxygen atoms in total. The molecule has 3 atom stereocenters.